The Bertz CT molecular complexity index is 757. The van der Waals surface area contributed by atoms with Crippen LogP contribution in [0.3, 0.4) is 0 Å². The van der Waals surface area contributed by atoms with Crippen LogP contribution in [0.4, 0.5) is 4.39 Å². The first-order valence-corrected chi connectivity index (χ1v) is 7.20. The number of pyridine rings is 1. The average molecular weight is 339 g/mol. The zero-order valence-electron chi connectivity index (χ0n) is 12.9. The molecule has 0 aliphatic carbocycles. The zero-order valence-corrected chi connectivity index (χ0v) is 13.6. The summed E-state index contributed by atoms with van der Waals surface area (Å²) in [5.41, 5.74) is -0.516. The predicted octanol–water partition coefficient (Wildman–Crippen LogP) is 3.39. The molecule has 1 N–H and O–H groups in total. The molecule has 0 spiro atoms. The van der Waals surface area contributed by atoms with E-state index >= 15 is 0 Å². The molecule has 0 aliphatic rings. The van der Waals surface area contributed by atoms with Crippen molar-refractivity contribution in [1.82, 2.24) is 0 Å². The van der Waals surface area contributed by atoms with Crippen molar-refractivity contribution in [2.45, 2.75) is 26.4 Å². The Kier molecular flexibility index (Phi) is 4.75. The number of phenolic OH excluding ortho intramolecular Hbond substituents is 1. The summed E-state index contributed by atoms with van der Waals surface area (Å²) in [4.78, 5) is 5.35. The van der Waals surface area contributed by atoms with Gasteiger partial charge < -0.3 is 15.2 Å². The van der Waals surface area contributed by atoms with Gasteiger partial charge in [-0.2, -0.15) is 4.73 Å². The van der Waals surface area contributed by atoms with Crippen LogP contribution < -0.4 is 4.73 Å². The summed E-state index contributed by atoms with van der Waals surface area (Å²) in [5, 5.41) is 25.8. The van der Waals surface area contributed by atoms with Crippen LogP contribution in [0.2, 0.25) is 5.02 Å². The molecule has 1 aromatic carbocycles. The molecule has 0 aliphatic heterocycles. The summed E-state index contributed by atoms with van der Waals surface area (Å²) in [6, 6.07) is 6.72. The van der Waals surface area contributed by atoms with Gasteiger partial charge in [-0.25, -0.2) is 4.39 Å². The van der Waals surface area contributed by atoms with Crippen molar-refractivity contribution >= 4 is 17.3 Å². The molecule has 1 heterocycles. The lowest BCUT2D eigenvalue weighted by atomic mass is 10.1. The van der Waals surface area contributed by atoms with Crippen molar-refractivity contribution in [3.63, 3.8) is 0 Å². The summed E-state index contributed by atoms with van der Waals surface area (Å²) in [5.74, 6) is -1.05. The molecule has 0 unspecified atom stereocenters. The Hall–Kier alpha value is -2.34. The number of oxime groups is 1. The number of hydrogen-bond acceptors (Lipinski definition) is 4. The van der Waals surface area contributed by atoms with Gasteiger partial charge in [0, 0.05) is 18.2 Å². The number of nitrogens with zero attached hydrogens (tertiary/aromatic N) is 2. The number of rotatable bonds is 3. The topological polar surface area (TPSA) is 68.8 Å². The summed E-state index contributed by atoms with van der Waals surface area (Å²) in [6.45, 7) is 5.31. The Balaban J connectivity index is 2.64. The maximum absolute atomic E-state index is 13.8. The van der Waals surface area contributed by atoms with Gasteiger partial charge in [-0.05, 0) is 32.9 Å². The highest BCUT2D eigenvalue weighted by Crippen LogP contribution is 2.27. The van der Waals surface area contributed by atoms with Gasteiger partial charge >= 0.3 is 0 Å². The van der Waals surface area contributed by atoms with E-state index in [1.54, 1.807) is 32.9 Å². The molecule has 0 fully saturated rings. The molecule has 2 rings (SSSR count). The molecule has 0 saturated carbocycles. The van der Waals surface area contributed by atoms with Crippen molar-refractivity contribution in [2.75, 3.05) is 0 Å². The normalized spacial score (nSPS) is 12.3. The third kappa shape index (κ3) is 4.10. The molecular weight excluding hydrogens is 323 g/mol. The fourth-order valence-electron chi connectivity index (χ4n) is 1.75. The van der Waals surface area contributed by atoms with Crippen LogP contribution >= 0.6 is 11.6 Å². The number of phenols is 1. The van der Waals surface area contributed by atoms with Crippen LogP contribution in [0.25, 0.3) is 0 Å². The maximum Gasteiger partial charge on any atom is 0.246 e. The second kappa shape index (κ2) is 6.42. The molecule has 0 radical (unpaired) electrons. The number of hydrogen-bond donors (Lipinski definition) is 1. The lowest BCUT2D eigenvalue weighted by molar-refractivity contribution is -0.606. The monoisotopic (exact) mass is 338 g/mol. The molecule has 2 aromatic rings. The van der Waals surface area contributed by atoms with E-state index in [1.165, 1.54) is 12.3 Å². The van der Waals surface area contributed by atoms with Crippen LogP contribution in [0.15, 0.2) is 41.7 Å². The highest BCUT2D eigenvalue weighted by molar-refractivity contribution is 6.31. The lowest BCUT2D eigenvalue weighted by Gasteiger charge is -2.17. The Morgan fingerprint density at radius 3 is 2.65 bits per heavy atom. The highest BCUT2D eigenvalue weighted by Gasteiger charge is 2.23. The van der Waals surface area contributed by atoms with Gasteiger partial charge in [0.05, 0.1) is 10.6 Å². The minimum absolute atomic E-state index is 0.00333. The maximum atomic E-state index is 13.8. The van der Waals surface area contributed by atoms with Crippen LogP contribution in [0, 0.1) is 11.0 Å². The lowest BCUT2D eigenvalue weighted by Crippen LogP contribution is -2.35. The van der Waals surface area contributed by atoms with Gasteiger partial charge in [-0.1, -0.05) is 16.8 Å². The van der Waals surface area contributed by atoms with Crippen molar-refractivity contribution in [2.24, 2.45) is 5.16 Å². The Morgan fingerprint density at radius 1 is 1.35 bits per heavy atom. The van der Waals surface area contributed by atoms with Crippen LogP contribution in [-0.2, 0) is 4.84 Å². The fraction of sp³-hybridized carbons (Fsp3) is 0.250. The second-order valence-corrected chi connectivity index (χ2v) is 6.25. The van der Waals surface area contributed by atoms with Gasteiger partial charge in [-0.15, -0.1) is 0 Å². The predicted molar refractivity (Wildman–Crippen MR) is 85.0 cm³/mol. The van der Waals surface area contributed by atoms with Crippen LogP contribution in [-0.4, -0.2) is 16.4 Å². The summed E-state index contributed by atoms with van der Waals surface area (Å²) in [7, 11) is 0. The third-order valence-corrected chi connectivity index (χ3v) is 3.06. The first-order valence-electron chi connectivity index (χ1n) is 6.82. The van der Waals surface area contributed by atoms with Crippen LogP contribution in [0.1, 0.15) is 32.0 Å². The van der Waals surface area contributed by atoms with E-state index in [0.717, 1.165) is 12.1 Å². The van der Waals surface area contributed by atoms with Gasteiger partial charge in [-0.3, -0.25) is 0 Å². The molecule has 0 atom stereocenters. The number of benzene rings is 1. The number of halogens is 2. The van der Waals surface area contributed by atoms with E-state index < -0.39 is 11.4 Å². The van der Waals surface area contributed by atoms with Gasteiger partial charge in [0.15, 0.2) is 11.9 Å². The Labute approximate surface area is 138 Å². The smallest absolute Gasteiger partial charge is 0.246 e. The SMILES string of the molecule is CC(C)(C)O/N=C(/c1cc(F)c(Cl)cc1O)c1cccc[n+]1[O-]. The molecule has 0 bridgehead atoms. The average Bonchev–Trinajstić information content (AvgIpc) is 2.45. The fourth-order valence-corrected chi connectivity index (χ4v) is 1.91. The second-order valence-electron chi connectivity index (χ2n) is 5.84. The van der Waals surface area contributed by atoms with Gasteiger partial charge in [0.1, 0.15) is 17.2 Å². The molecule has 1 aromatic heterocycles. The van der Waals surface area contributed by atoms with E-state index in [2.05, 4.69) is 5.16 Å². The van der Waals surface area contributed by atoms with E-state index in [1.807, 2.05) is 0 Å². The number of aromatic hydroxyl groups is 1. The summed E-state index contributed by atoms with van der Waals surface area (Å²) in [6.07, 6.45) is 1.27. The van der Waals surface area contributed by atoms with Crippen molar-refractivity contribution in [1.29, 1.82) is 0 Å². The first kappa shape index (κ1) is 17.0. The summed E-state index contributed by atoms with van der Waals surface area (Å²) >= 11 is 5.64. The third-order valence-electron chi connectivity index (χ3n) is 2.77. The van der Waals surface area contributed by atoms with E-state index in [4.69, 9.17) is 16.4 Å². The molecule has 5 nitrogen and oxygen atoms in total. The summed E-state index contributed by atoms with van der Waals surface area (Å²) < 4.78 is 14.3. The molecule has 23 heavy (non-hydrogen) atoms. The quantitative estimate of drug-likeness (QED) is 0.403. The largest absolute Gasteiger partial charge is 0.618 e. The first-order chi connectivity index (χ1) is 10.7. The van der Waals surface area contributed by atoms with Crippen molar-refractivity contribution in [3.8, 4) is 5.75 Å². The van der Waals surface area contributed by atoms with E-state index in [-0.39, 0.29) is 27.7 Å². The van der Waals surface area contributed by atoms with Crippen molar-refractivity contribution < 1.29 is 19.1 Å². The number of aromatic nitrogens is 1. The molecule has 0 saturated heterocycles. The minimum atomic E-state index is -0.740. The van der Waals surface area contributed by atoms with Crippen LogP contribution in [0.5, 0.6) is 5.75 Å². The van der Waals surface area contributed by atoms with Gasteiger partial charge in [0.25, 0.3) is 0 Å². The Morgan fingerprint density at radius 2 is 2.04 bits per heavy atom. The van der Waals surface area contributed by atoms with E-state index in [9.17, 15) is 14.7 Å². The molecular formula is C16H16ClFN2O3. The molecule has 122 valence electrons. The minimum Gasteiger partial charge on any atom is -0.618 e. The zero-order chi connectivity index (χ0) is 17.2. The van der Waals surface area contributed by atoms with Crippen molar-refractivity contribution in [3.05, 3.63) is 63.8 Å². The molecule has 0 amide bonds. The van der Waals surface area contributed by atoms with Gasteiger partial charge in [0.2, 0.25) is 5.69 Å². The standard InChI is InChI=1S/C16H16ClFN2O3/c1-16(2,3)23-19-15(13-6-4-5-7-20(13)22)10-8-12(18)11(17)9-14(10)21/h4-9,21H,1-3H3/b19-15-. The molecule has 7 heteroatoms. The van der Waals surface area contributed by atoms with E-state index in [0.29, 0.717) is 4.73 Å². The highest BCUT2D eigenvalue weighted by atomic mass is 35.5.